The molecule has 1 atom stereocenters. The van der Waals surface area contributed by atoms with Gasteiger partial charge in [0.2, 0.25) is 5.91 Å². The quantitative estimate of drug-likeness (QED) is 0.692. The third-order valence-electron chi connectivity index (χ3n) is 2.82. The Balaban J connectivity index is 2.42. The van der Waals surface area contributed by atoms with E-state index in [1.54, 1.807) is 11.8 Å². The zero-order valence-electron chi connectivity index (χ0n) is 9.32. The van der Waals surface area contributed by atoms with Gasteiger partial charge in [0.15, 0.2) is 0 Å². The smallest absolute Gasteiger partial charge is 0.312 e. The molecule has 15 heavy (non-hydrogen) atoms. The van der Waals surface area contributed by atoms with E-state index in [0.29, 0.717) is 5.92 Å². The van der Waals surface area contributed by atoms with Crippen LogP contribution in [0.3, 0.4) is 0 Å². The molecule has 0 spiro atoms. The highest BCUT2D eigenvalue weighted by Crippen LogP contribution is 2.16. The van der Waals surface area contributed by atoms with Crippen LogP contribution in [0.1, 0.15) is 26.7 Å². The van der Waals surface area contributed by atoms with Gasteiger partial charge in [-0.05, 0) is 25.7 Å². The van der Waals surface area contributed by atoms with E-state index in [2.05, 4.69) is 12.2 Å². The maximum Gasteiger partial charge on any atom is 0.312 e. The van der Waals surface area contributed by atoms with Crippen LogP contribution in [-0.4, -0.2) is 36.0 Å². The standard InChI is InChI=1S/C10H19N3O2/c1-7-3-5-13(6-4-7)9(14)8(2)12-10(11)15/h7-8H,3-6H2,1-2H3,(H3,11,12,15). The maximum absolute atomic E-state index is 11.8. The van der Waals surface area contributed by atoms with E-state index >= 15 is 0 Å². The lowest BCUT2D eigenvalue weighted by Crippen LogP contribution is -2.50. The number of hydrogen-bond donors (Lipinski definition) is 2. The van der Waals surface area contributed by atoms with Crippen LogP contribution in [0.2, 0.25) is 0 Å². The van der Waals surface area contributed by atoms with Crippen molar-refractivity contribution in [2.75, 3.05) is 13.1 Å². The zero-order chi connectivity index (χ0) is 11.4. The first-order valence-corrected chi connectivity index (χ1v) is 5.35. The Morgan fingerprint density at radius 3 is 2.40 bits per heavy atom. The molecule has 0 aliphatic carbocycles. The second-order valence-electron chi connectivity index (χ2n) is 4.24. The molecule has 1 saturated heterocycles. The van der Waals surface area contributed by atoms with Crippen LogP contribution in [-0.2, 0) is 4.79 Å². The number of carbonyl (C=O) groups excluding carboxylic acids is 2. The van der Waals surface area contributed by atoms with Crippen LogP contribution in [0.4, 0.5) is 4.79 Å². The maximum atomic E-state index is 11.8. The molecule has 1 heterocycles. The van der Waals surface area contributed by atoms with E-state index in [-0.39, 0.29) is 5.91 Å². The number of likely N-dealkylation sites (tertiary alicyclic amines) is 1. The van der Waals surface area contributed by atoms with Crippen LogP contribution < -0.4 is 11.1 Å². The predicted molar refractivity (Wildman–Crippen MR) is 57.2 cm³/mol. The van der Waals surface area contributed by atoms with Crippen LogP contribution in [0.25, 0.3) is 0 Å². The molecular weight excluding hydrogens is 194 g/mol. The van der Waals surface area contributed by atoms with E-state index in [4.69, 9.17) is 5.73 Å². The van der Waals surface area contributed by atoms with Crippen molar-refractivity contribution in [1.82, 2.24) is 10.2 Å². The minimum absolute atomic E-state index is 0.0410. The van der Waals surface area contributed by atoms with Gasteiger partial charge in [-0.15, -0.1) is 0 Å². The van der Waals surface area contributed by atoms with Gasteiger partial charge in [-0.2, -0.15) is 0 Å². The third-order valence-corrected chi connectivity index (χ3v) is 2.82. The molecule has 3 N–H and O–H groups in total. The van der Waals surface area contributed by atoms with Crippen molar-refractivity contribution in [2.45, 2.75) is 32.7 Å². The average Bonchev–Trinajstić information content (AvgIpc) is 2.17. The Morgan fingerprint density at radius 1 is 1.40 bits per heavy atom. The molecule has 5 nitrogen and oxygen atoms in total. The van der Waals surface area contributed by atoms with Gasteiger partial charge in [-0.25, -0.2) is 4.79 Å². The fourth-order valence-corrected chi connectivity index (χ4v) is 1.78. The number of rotatable bonds is 2. The van der Waals surface area contributed by atoms with Crippen molar-refractivity contribution in [3.8, 4) is 0 Å². The number of piperidine rings is 1. The molecule has 1 unspecified atom stereocenters. The van der Waals surface area contributed by atoms with Crippen LogP contribution >= 0.6 is 0 Å². The Labute approximate surface area is 90.0 Å². The largest absolute Gasteiger partial charge is 0.352 e. The van der Waals surface area contributed by atoms with Crippen molar-refractivity contribution in [2.24, 2.45) is 11.7 Å². The summed E-state index contributed by atoms with van der Waals surface area (Å²) in [5.41, 5.74) is 4.96. The van der Waals surface area contributed by atoms with Gasteiger partial charge in [-0.3, -0.25) is 4.79 Å². The monoisotopic (exact) mass is 213 g/mol. The number of nitrogens with zero attached hydrogens (tertiary/aromatic N) is 1. The fraction of sp³-hybridized carbons (Fsp3) is 0.800. The van der Waals surface area contributed by atoms with Gasteiger partial charge in [0, 0.05) is 13.1 Å². The number of hydrogen-bond acceptors (Lipinski definition) is 2. The summed E-state index contributed by atoms with van der Waals surface area (Å²) >= 11 is 0. The summed E-state index contributed by atoms with van der Waals surface area (Å²) in [5, 5.41) is 2.40. The molecule has 0 bridgehead atoms. The van der Waals surface area contributed by atoms with Crippen LogP contribution in [0, 0.1) is 5.92 Å². The Morgan fingerprint density at radius 2 is 1.93 bits per heavy atom. The summed E-state index contributed by atoms with van der Waals surface area (Å²) in [4.78, 5) is 24.2. The van der Waals surface area contributed by atoms with Crippen molar-refractivity contribution in [3.63, 3.8) is 0 Å². The third kappa shape index (κ3) is 3.42. The van der Waals surface area contributed by atoms with Gasteiger partial charge in [-0.1, -0.05) is 6.92 Å². The number of carbonyl (C=O) groups is 2. The molecule has 5 heteroatoms. The zero-order valence-corrected chi connectivity index (χ0v) is 9.32. The second-order valence-corrected chi connectivity index (χ2v) is 4.24. The summed E-state index contributed by atoms with van der Waals surface area (Å²) in [6.45, 7) is 5.41. The SMILES string of the molecule is CC1CCN(C(=O)C(C)NC(N)=O)CC1. The molecule has 0 aromatic carbocycles. The predicted octanol–water partition coefficient (Wildman–Crippen LogP) is 0.302. The Kier molecular flexibility index (Phi) is 3.94. The van der Waals surface area contributed by atoms with E-state index in [0.717, 1.165) is 25.9 Å². The summed E-state index contributed by atoms with van der Waals surface area (Å²) in [5.74, 6) is 0.647. The van der Waals surface area contributed by atoms with Crippen LogP contribution in [0.5, 0.6) is 0 Å². The molecule has 1 rings (SSSR count). The lowest BCUT2D eigenvalue weighted by atomic mass is 9.99. The van der Waals surface area contributed by atoms with E-state index in [9.17, 15) is 9.59 Å². The van der Waals surface area contributed by atoms with Crippen LogP contribution in [0.15, 0.2) is 0 Å². The lowest BCUT2D eigenvalue weighted by molar-refractivity contribution is -0.134. The van der Waals surface area contributed by atoms with Gasteiger partial charge < -0.3 is 16.0 Å². The molecule has 0 saturated carbocycles. The van der Waals surface area contributed by atoms with E-state index in [1.165, 1.54) is 0 Å². The first kappa shape index (κ1) is 11.8. The highest BCUT2D eigenvalue weighted by atomic mass is 16.2. The number of nitrogens with two attached hydrogens (primary N) is 1. The average molecular weight is 213 g/mol. The Bertz CT molecular complexity index is 247. The van der Waals surface area contributed by atoms with Crippen molar-refractivity contribution < 1.29 is 9.59 Å². The Hall–Kier alpha value is -1.26. The topological polar surface area (TPSA) is 75.4 Å². The molecule has 3 amide bonds. The van der Waals surface area contributed by atoms with Gasteiger partial charge in [0.1, 0.15) is 6.04 Å². The minimum atomic E-state index is -0.652. The summed E-state index contributed by atoms with van der Waals surface area (Å²) < 4.78 is 0. The number of amides is 3. The molecule has 1 aliphatic heterocycles. The van der Waals surface area contributed by atoms with Crippen molar-refractivity contribution in [1.29, 1.82) is 0 Å². The van der Waals surface area contributed by atoms with E-state index < -0.39 is 12.1 Å². The first-order valence-electron chi connectivity index (χ1n) is 5.35. The molecule has 0 aromatic rings. The molecule has 0 aromatic heterocycles. The molecule has 0 radical (unpaired) electrons. The number of urea groups is 1. The summed E-state index contributed by atoms with van der Waals surface area (Å²) in [7, 11) is 0. The van der Waals surface area contributed by atoms with Gasteiger partial charge >= 0.3 is 6.03 Å². The second kappa shape index (κ2) is 5.00. The van der Waals surface area contributed by atoms with Gasteiger partial charge in [0.25, 0.3) is 0 Å². The molecule has 1 fully saturated rings. The summed E-state index contributed by atoms with van der Waals surface area (Å²) in [6.07, 6.45) is 2.07. The number of nitrogens with one attached hydrogen (secondary N) is 1. The summed E-state index contributed by atoms with van der Waals surface area (Å²) in [6, 6.07) is -1.17. The normalized spacial score (nSPS) is 19.7. The molecular formula is C10H19N3O2. The van der Waals surface area contributed by atoms with E-state index in [1.807, 2.05) is 0 Å². The molecule has 86 valence electrons. The van der Waals surface area contributed by atoms with Crippen molar-refractivity contribution >= 4 is 11.9 Å². The first-order chi connectivity index (χ1) is 7.00. The number of primary amides is 1. The fourth-order valence-electron chi connectivity index (χ4n) is 1.78. The van der Waals surface area contributed by atoms with Gasteiger partial charge in [0.05, 0.1) is 0 Å². The van der Waals surface area contributed by atoms with Crippen molar-refractivity contribution in [3.05, 3.63) is 0 Å². The minimum Gasteiger partial charge on any atom is -0.352 e. The molecule has 1 aliphatic rings. The lowest BCUT2D eigenvalue weighted by Gasteiger charge is -2.32. The highest BCUT2D eigenvalue weighted by molar-refractivity contribution is 5.86. The highest BCUT2D eigenvalue weighted by Gasteiger charge is 2.24.